The van der Waals surface area contributed by atoms with Crippen LogP contribution in [0.2, 0.25) is 0 Å². The van der Waals surface area contributed by atoms with E-state index in [9.17, 15) is 9.59 Å². The highest BCUT2D eigenvalue weighted by molar-refractivity contribution is 6.12. The highest BCUT2D eigenvalue weighted by Crippen LogP contribution is 2.46. The van der Waals surface area contributed by atoms with E-state index in [1.807, 2.05) is 97.9 Å². The smallest absolute Gasteiger partial charge is 0.259 e. The lowest BCUT2D eigenvalue weighted by Crippen LogP contribution is -2.46. The highest BCUT2D eigenvalue weighted by atomic mass is 16.5. The number of rotatable bonds is 8. The van der Waals surface area contributed by atoms with Crippen molar-refractivity contribution in [3.8, 4) is 17.2 Å². The van der Waals surface area contributed by atoms with Gasteiger partial charge in [0.15, 0.2) is 0 Å². The van der Waals surface area contributed by atoms with Crippen LogP contribution in [-0.4, -0.2) is 32.6 Å². The molecule has 5 rings (SSSR count). The average Bonchev–Trinajstić information content (AvgIpc) is 2.98. The van der Waals surface area contributed by atoms with Gasteiger partial charge in [0.2, 0.25) is 5.91 Å². The van der Waals surface area contributed by atoms with Crippen LogP contribution in [0.1, 0.15) is 40.4 Å². The van der Waals surface area contributed by atoms with E-state index in [1.165, 1.54) is 0 Å². The number of nitrogens with zero attached hydrogens (tertiary/aromatic N) is 1. The maximum Gasteiger partial charge on any atom is 0.259 e. The zero-order valence-electron chi connectivity index (χ0n) is 22.1. The Morgan fingerprint density at radius 1 is 0.821 bits per heavy atom. The second-order valence-corrected chi connectivity index (χ2v) is 9.07. The molecule has 4 aromatic rings. The third kappa shape index (κ3) is 5.03. The average molecular weight is 523 g/mol. The molecule has 2 atom stereocenters. The van der Waals surface area contributed by atoms with E-state index in [0.29, 0.717) is 46.4 Å². The largest absolute Gasteiger partial charge is 0.497 e. The Balaban J connectivity index is 1.67. The zero-order chi connectivity index (χ0) is 27.4. The summed E-state index contributed by atoms with van der Waals surface area (Å²) in [5.74, 6) is 0.790. The number of ether oxygens (including phenoxy) is 3. The molecule has 0 saturated heterocycles. The van der Waals surface area contributed by atoms with Crippen molar-refractivity contribution >= 4 is 23.2 Å². The predicted octanol–water partition coefficient (Wildman–Crippen LogP) is 6.23. The minimum Gasteiger partial charge on any atom is -0.497 e. The van der Waals surface area contributed by atoms with Crippen molar-refractivity contribution in [2.75, 3.05) is 31.0 Å². The molecule has 4 aromatic carbocycles. The Kier molecular flexibility index (Phi) is 7.50. The zero-order valence-corrected chi connectivity index (χ0v) is 22.1. The van der Waals surface area contributed by atoms with Crippen molar-refractivity contribution in [3.05, 3.63) is 114 Å². The fourth-order valence-electron chi connectivity index (χ4n) is 5.05. The Morgan fingerprint density at radius 3 is 2.10 bits per heavy atom. The quantitative estimate of drug-likeness (QED) is 0.297. The summed E-state index contributed by atoms with van der Waals surface area (Å²) >= 11 is 0. The molecule has 0 bridgehead atoms. The Labute approximate surface area is 227 Å². The van der Waals surface area contributed by atoms with Crippen LogP contribution in [-0.2, 0) is 4.79 Å². The molecular weight excluding hydrogens is 492 g/mol. The number of methoxy groups -OCH3 is 2. The number of nitrogens with one attached hydrogen (secondary N) is 1. The van der Waals surface area contributed by atoms with E-state index in [1.54, 1.807) is 25.2 Å². The lowest BCUT2D eigenvalue weighted by atomic mass is 9.78. The molecule has 0 saturated carbocycles. The molecule has 198 valence electrons. The van der Waals surface area contributed by atoms with E-state index in [0.717, 1.165) is 5.56 Å². The van der Waals surface area contributed by atoms with Crippen LogP contribution >= 0.6 is 0 Å². The maximum absolute atomic E-state index is 14.2. The first-order valence-corrected chi connectivity index (χ1v) is 12.8. The molecule has 1 aliphatic rings. The molecule has 1 aliphatic heterocycles. The maximum atomic E-state index is 14.2. The van der Waals surface area contributed by atoms with Gasteiger partial charge in [-0.15, -0.1) is 0 Å². The van der Waals surface area contributed by atoms with Crippen LogP contribution < -0.4 is 24.4 Å². The second-order valence-electron chi connectivity index (χ2n) is 9.07. The van der Waals surface area contributed by atoms with Crippen LogP contribution in [0, 0.1) is 0 Å². The van der Waals surface area contributed by atoms with Crippen LogP contribution in [0.5, 0.6) is 17.2 Å². The van der Waals surface area contributed by atoms with E-state index in [-0.39, 0.29) is 11.8 Å². The third-order valence-corrected chi connectivity index (χ3v) is 6.87. The van der Waals surface area contributed by atoms with Gasteiger partial charge in [0, 0.05) is 11.3 Å². The monoisotopic (exact) mass is 522 g/mol. The van der Waals surface area contributed by atoms with E-state index >= 15 is 0 Å². The summed E-state index contributed by atoms with van der Waals surface area (Å²) in [6.45, 7) is 2.36. The minimum absolute atomic E-state index is 0.185. The van der Waals surface area contributed by atoms with Crippen molar-refractivity contribution in [2.45, 2.75) is 18.9 Å². The first-order valence-electron chi connectivity index (χ1n) is 12.8. The van der Waals surface area contributed by atoms with Crippen molar-refractivity contribution in [3.63, 3.8) is 0 Å². The van der Waals surface area contributed by atoms with Crippen molar-refractivity contribution in [1.82, 2.24) is 0 Å². The van der Waals surface area contributed by atoms with Gasteiger partial charge >= 0.3 is 0 Å². The van der Waals surface area contributed by atoms with Crippen LogP contribution in [0.15, 0.2) is 97.1 Å². The van der Waals surface area contributed by atoms with Gasteiger partial charge in [0.05, 0.1) is 38.5 Å². The number of hydrogen-bond donors (Lipinski definition) is 1. The molecular formula is C32H30N2O5. The number of hydrogen-bond acceptors (Lipinski definition) is 5. The van der Waals surface area contributed by atoms with Crippen LogP contribution in [0.4, 0.5) is 11.4 Å². The van der Waals surface area contributed by atoms with Gasteiger partial charge in [-0.25, -0.2) is 0 Å². The number of benzene rings is 4. The molecule has 0 spiro atoms. The fourth-order valence-corrected chi connectivity index (χ4v) is 5.05. The topological polar surface area (TPSA) is 77.1 Å². The third-order valence-electron chi connectivity index (χ3n) is 6.87. The van der Waals surface area contributed by atoms with Gasteiger partial charge in [-0.2, -0.15) is 0 Å². The number of fused-ring (bicyclic) bond motifs is 1. The second kappa shape index (κ2) is 11.3. The molecule has 1 heterocycles. The molecule has 0 radical (unpaired) electrons. The molecule has 7 nitrogen and oxygen atoms in total. The Morgan fingerprint density at radius 2 is 1.44 bits per heavy atom. The summed E-state index contributed by atoms with van der Waals surface area (Å²) in [6, 6.07) is 28.8. The SMILES string of the molecule is CCOc1ccccc1NC(=O)[C@H]1c2ccccc2C(=O)N(c2ccc(OC)cc2)[C@@H]1c1ccc(OC)cc1. The summed E-state index contributed by atoms with van der Waals surface area (Å²) in [5.41, 5.74) is 3.18. The lowest BCUT2D eigenvalue weighted by Gasteiger charge is -2.42. The summed E-state index contributed by atoms with van der Waals surface area (Å²) < 4.78 is 16.5. The number of para-hydroxylation sites is 2. The molecule has 0 unspecified atom stereocenters. The van der Waals surface area contributed by atoms with Crippen LogP contribution in [0.3, 0.4) is 0 Å². The first-order chi connectivity index (χ1) is 19.0. The van der Waals surface area contributed by atoms with Gasteiger partial charge in [-0.1, -0.05) is 42.5 Å². The molecule has 0 aliphatic carbocycles. The summed E-state index contributed by atoms with van der Waals surface area (Å²) in [6.07, 6.45) is 0. The normalized spacial score (nSPS) is 16.3. The van der Waals surface area contributed by atoms with Crippen molar-refractivity contribution in [1.29, 1.82) is 0 Å². The first kappa shape index (κ1) is 25.9. The highest BCUT2D eigenvalue weighted by Gasteiger charge is 2.45. The summed E-state index contributed by atoms with van der Waals surface area (Å²) in [5, 5.41) is 3.09. The van der Waals surface area contributed by atoms with E-state index in [2.05, 4.69) is 5.32 Å². The molecule has 2 amide bonds. The number of amides is 2. The number of carbonyl (C=O) groups excluding carboxylic acids is 2. The lowest BCUT2D eigenvalue weighted by molar-refractivity contribution is -0.118. The van der Waals surface area contributed by atoms with Gasteiger partial charge in [0.1, 0.15) is 17.2 Å². The molecule has 7 heteroatoms. The summed E-state index contributed by atoms with van der Waals surface area (Å²) in [4.78, 5) is 30.0. The molecule has 0 aromatic heterocycles. The van der Waals surface area contributed by atoms with Crippen molar-refractivity contribution in [2.24, 2.45) is 0 Å². The fraction of sp³-hybridized carbons (Fsp3) is 0.188. The van der Waals surface area contributed by atoms with Crippen LogP contribution in [0.25, 0.3) is 0 Å². The van der Waals surface area contributed by atoms with Gasteiger partial charge in [0.25, 0.3) is 5.91 Å². The van der Waals surface area contributed by atoms with Crippen molar-refractivity contribution < 1.29 is 23.8 Å². The predicted molar refractivity (Wildman–Crippen MR) is 151 cm³/mol. The van der Waals surface area contributed by atoms with Gasteiger partial charge in [-0.05, 0) is 72.6 Å². The molecule has 0 fully saturated rings. The van der Waals surface area contributed by atoms with E-state index < -0.39 is 12.0 Å². The Hall–Kier alpha value is -4.78. The number of carbonyl (C=O) groups is 2. The van der Waals surface area contributed by atoms with Gasteiger partial charge in [-0.3, -0.25) is 14.5 Å². The Bertz CT molecular complexity index is 1470. The minimum atomic E-state index is -0.718. The number of anilines is 2. The van der Waals surface area contributed by atoms with Gasteiger partial charge < -0.3 is 19.5 Å². The standard InChI is InChI=1S/C32H30N2O5/c1-4-39-28-12-8-7-11-27(28)33-31(35)29-25-9-5-6-10-26(25)32(36)34(22-15-19-24(38-3)20-16-22)30(29)21-13-17-23(37-2)18-14-21/h5-20,29-30H,4H2,1-3H3,(H,33,35)/t29-,30+/m0/s1. The molecule has 1 N–H and O–H groups in total. The molecule has 39 heavy (non-hydrogen) atoms. The summed E-state index contributed by atoms with van der Waals surface area (Å²) in [7, 11) is 3.20. The van der Waals surface area contributed by atoms with E-state index in [4.69, 9.17) is 14.2 Å².